The molecular weight excluding hydrogens is 627 g/mol. The lowest BCUT2D eigenvalue weighted by atomic mass is 9.70. The van der Waals surface area contributed by atoms with E-state index in [4.69, 9.17) is 19.5 Å². The molecule has 0 amide bonds. The zero-order chi connectivity index (χ0) is 36.4. The van der Waals surface area contributed by atoms with Gasteiger partial charge in [-0.15, -0.1) is 0 Å². The maximum atomic E-state index is 7.06. The third kappa shape index (κ3) is 4.73. The molecule has 3 heterocycles. The van der Waals surface area contributed by atoms with E-state index in [-0.39, 0.29) is 10.8 Å². The van der Waals surface area contributed by atoms with Crippen LogP contribution in [0.2, 0.25) is 0 Å². The van der Waals surface area contributed by atoms with E-state index in [9.17, 15) is 0 Å². The van der Waals surface area contributed by atoms with Crippen molar-refractivity contribution in [1.29, 1.82) is 0 Å². The molecule has 0 saturated heterocycles. The molecule has 0 fully saturated rings. The lowest BCUT2D eigenvalue weighted by Crippen LogP contribution is -2.51. The Morgan fingerprint density at radius 1 is 0.745 bits per heavy atom. The van der Waals surface area contributed by atoms with Gasteiger partial charge in [0.1, 0.15) is 28.3 Å². The summed E-state index contributed by atoms with van der Waals surface area (Å²) in [5.41, 5.74) is 12.5. The fraction of sp³-hybridized carbons (Fsp3) is 0.348. The second-order valence-corrected chi connectivity index (χ2v) is 17.0. The molecule has 0 unspecified atom stereocenters. The highest BCUT2D eigenvalue weighted by molar-refractivity contribution is 6.08. The van der Waals surface area contributed by atoms with Gasteiger partial charge >= 0.3 is 0 Å². The third-order valence-corrected chi connectivity index (χ3v) is 12.0. The minimum Gasteiger partial charge on any atom is -0.467 e. The summed E-state index contributed by atoms with van der Waals surface area (Å²) in [7, 11) is 0. The topological polar surface area (TPSA) is 48.6 Å². The van der Waals surface area contributed by atoms with Crippen LogP contribution in [0.5, 0.6) is 11.5 Å². The molecule has 2 aliphatic rings. The van der Waals surface area contributed by atoms with Crippen molar-refractivity contribution in [2.24, 2.45) is 4.99 Å². The molecule has 0 N–H and O–H groups in total. The second-order valence-electron chi connectivity index (χ2n) is 17.0. The molecule has 5 heteroatoms. The van der Waals surface area contributed by atoms with E-state index in [1.807, 2.05) is 12.3 Å². The van der Waals surface area contributed by atoms with Gasteiger partial charge < -0.3 is 9.47 Å². The van der Waals surface area contributed by atoms with Crippen LogP contribution in [0.4, 0.5) is 0 Å². The Balaban J connectivity index is 1.21. The number of aliphatic imine (C=N–C) groups is 1. The smallest absolute Gasteiger partial charge is 0.218 e. The number of nitrogens with zero attached hydrogens (tertiary/aromatic N) is 3. The molecule has 5 nitrogen and oxygen atoms in total. The summed E-state index contributed by atoms with van der Waals surface area (Å²) in [6.07, 6.45) is 1.87. The number of rotatable bonds is 4. The maximum absolute atomic E-state index is 7.06. The second kappa shape index (κ2) is 10.8. The van der Waals surface area contributed by atoms with Crippen LogP contribution in [-0.2, 0) is 21.1 Å². The lowest BCUT2D eigenvalue weighted by molar-refractivity contribution is -0.0137. The molecule has 2 atom stereocenters. The number of aromatic nitrogens is 2. The summed E-state index contributed by atoms with van der Waals surface area (Å²) >= 11 is 0. The van der Waals surface area contributed by atoms with E-state index in [1.54, 1.807) is 0 Å². The van der Waals surface area contributed by atoms with E-state index >= 15 is 0 Å². The zero-order valence-corrected chi connectivity index (χ0v) is 32.2. The largest absolute Gasteiger partial charge is 0.467 e. The Bertz CT molecular complexity index is 2480. The van der Waals surface area contributed by atoms with Gasteiger partial charge in [0.25, 0.3) is 0 Å². The van der Waals surface area contributed by atoms with Gasteiger partial charge in [-0.2, -0.15) is 0 Å². The van der Waals surface area contributed by atoms with Crippen molar-refractivity contribution in [3.05, 3.63) is 129 Å². The van der Waals surface area contributed by atoms with E-state index in [0.717, 1.165) is 56.0 Å². The number of hydrogen-bond acceptors (Lipinski definition) is 4. The average molecular weight is 676 g/mol. The Hall–Kier alpha value is -4.90. The van der Waals surface area contributed by atoms with Crippen LogP contribution in [0, 0.1) is 34.6 Å². The van der Waals surface area contributed by atoms with Crippen molar-refractivity contribution in [3.8, 4) is 17.2 Å². The summed E-state index contributed by atoms with van der Waals surface area (Å²) in [5, 5.41) is 2.34. The van der Waals surface area contributed by atoms with Crippen LogP contribution in [0.25, 0.3) is 27.6 Å². The molecule has 8 rings (SSSR count). The summed E-state index contributed by atoms with van der Waals surface area (Å²) in [6, 6.07) is 26.3. The van der Waals surface area contributed by atoms with Crippen LogP contribution in [0.3, 0.4) is 0 Å². The first-order valence-corrected chi connectivity index (χ1v) is 18.2. The minimum atomic E-state index is -0.552. The lowest BCUT2D eigenvalue weighted by Gasteiger charge is -2.41. The monoisotopic (exact) mass is 675 g/mol. The minimum absolute atomic E-state index is 0.0437. The van der Waals surface area contributed by atoms with E-state index < -0.39 is 11.1 Å². The van der Waals surface area contributed by atoms with Crippen LogP contribution in [0.1, 0.15) is 98.5 Å². The van der Waals surface area contributed by atoms with Gasteiger partial charge in [-0.25, -0.2) is 9.98 Å². The number of hydrogen-bond donors (Lipinski definition) is 0. The number of benzene rings is 4. The molecule has 2 aromatic heterocycles. The van der Waals surface area contributed by atoms with Gasteiger partial charge in [0.15, 0.2) is 0 Å². The van der Waals surface area contributed by atoms with Crippen molar-refractivity contribution in [3.63, 3.8) is 0 Å². The summed E-state index contributed by atoms with van der Waals surface area (Å²) < 4.78 is 16.1. The van der Waals surface area contributed by atoms with Crippen LogP contribution >= 0.6 is 0 Å². The molecule has 1 aliphatic heterocycles. The van der Waals surface area contributed by atoms with E-state index in [2.05, 4.69) is 154 Å². The number of ether oxygens (including phenoxy) is 2. The molecule has 0 spiro atoms. The number of aryl methyl sites for hydroxylation is 5. The van der Waals surface area contributed by atoms with Gasteiger partial charge in [0.05, 0.1) is 11.2 Å². The molecule has 0 saturated carbocycles. The quantitative estimate of drug-likeness (QED) is 0.187. The fourth-order valence-corrected chi connectivity index (χ4v) is 9.00. The molecule has 0 radical (unpaired) electrons. The predicted octanol–water partition coefficient (Wildman–Crippen LogP) is 11.6. The fourth-order valence-electron chi connectivity index (χ4n) is 9.00. The predicted molar refractivity (Wildman–Crippen MR) is 210 cm³/mol. The number of pyridine rings is 1. The van der Waals surface area contributed by atoms with Crippen molar-refractivity contribution < 1.29 is 9.47 Å². The summed E-state index contributed by atoms with van der Waals surface area (Å²) in [5.74, 6) is 2.23. The molecule has 260 valence electrons. The zero-order valence-electron chi connectivity index (χ0n) is 32.2. The maximum Gasteiger partial charge on any atom is 0.218 e. The van der Waals surface area contributed by atoms with Crippen LogP contribution in [0.15, 0.2) is 84.0 Å². The van der Waals surface area contributed by atoms with Gasteiger partial charge in [0.2, 0.25) is 5.90 Å². The SMILES string of the molecule is Cc1cc(Oc2cc(C3=N[C@]4(C)c5cc(C)cc(C)c5C(C)(C)[C@]4(C)O3)c(C)cc2C)cc(-n2c3ccc(C(C)(C)C)cc3c3cccnc32)c1. The van der Waals surface area contributed by atoms with E-state index in [1.165, 1.54) is 33.2 Å². The highest BCUT2D eigenvalue weighted by Crippen LogP contribution is 2.62. The highest BCUT2D eigenvalue weighted by atomic mass is 16.5. The Kier molecular flexibility index (Phi) is 7.05. The average Bonchev–Trinajstić information content (AvgIpc) is 3.57. The molecule has 6 aromatic rings. The van der Waals surface area contributed by atoms with Crippen LogP contribution < -0.4 is 4.74 Å². The molecular formula is C46H49N3O2. The first-order valence-electron chi connectivity index (χ1n) is 18.2. The number of fused-ring (bicyclic) bond motifs is 6. The standard InChI is InChI=1S/C46H49N3O2/c1-26-18-30(5)40-37(21-26)45(11)46(12,44(40,9)10)51-42(48-45)35-25-39(29(4)22-28(35)3)50-33-20-27(2)19-32(24-33)49-38-16-15-31(43(6,7)8)23-36(38)34-14-13-17-47-41(34)49/h13-25H,1-12H3/t45-,46+/m1/s1. The first-order chi connectivity index (χ1) is 23.9. The van der Waals surface area contributed by atoms with Gasteiger partial charge in [0, 0.05) is 34.0 Å². The van der Waals surface area contributed by atoms with E-state index in [0.29, 0.717) is 5.90 Å². The van der Waals surface area contributed by atoms with Crippen molar-refractivity contribution >= 4 is 27.8 Å². The highest BCUT2D eigenvalue weighted by Gasteiger charge is 2.68. The Morgan fingerprint density at radius 3 is 2.24 bits per heavy atom. The first kappa shape index (κ1) is 33.3. The molecule has 0 bridgehead atoms. The summed E-state index contributed by atoms with van der Waals surface area (Å²) in [4.78, 5) is 10.3. The van der Waals surface area contributed by atoms with Crippen molar-refractivity contribution in [2.45, 2.75) is 105 Å². The normalized spacial score (nSPS) is 20.7. The van der Waals surface area contributed by atoms with Gasteiger partial charge in [-0.05, 0) is 135 Å². The van der Waals surface area contributed by atoms with Gasteiger partial charge in [-0.1, -0.05) is 64.4 Å². The molecule has 1 aliphatic carbocycles. The molecule has 4 aromatic carbocycles. The van der Waals surface area contributed by atoms with Crippen LogP contribution in [-0.4, -0.2) is 21.0 Å². The van der Waals surface area contributed by atoms with Crippen molar-refractivity contribution in [2.75, 3.05) is 0 Å². The third-order valence-electron chi connectivity index (χ3n) is 12.0. The Labute approximate surface area is 302 Å². The molecule has 51 heavy (non-hydrogen) atoms. The van der Waals surface area contributed by atoms with Gasteiger partial charge in [-0.3, -0.25) is 4.57 Å². The summed E-state index contributed by atoms with van der Waals surface area (Å²) in [6.45, 7) is 26.6. The van der Waals surface area contributed by atoms with Crippen molar-refractivity contribution in [1.82, 2.24) is 9.55 Å². The Morgan fingerprint density at radius 2 is 1.49 bits per heavy atom.